The average molecular weight is 443 g/mol. The Morgan fingerprint density at radius 2 is 2.13 bits per heavy atom. The van der Waals surface area contributed by atoms with Gasteiger partial charge >= 0.3 is 0 Å². The van der Waals surface area contributed by atoms with Crippen LogP contribution in [-0.4, -0.2) is 24.3 Å². The van der Waals surface area contributed by atoms with Crippen molar-refractivity contribution in [3.63, 3.8) is 0 Å². The summed E-state index contributed by atoms with van der Waals surface area (Å²) in [6, 6.07) is 1.91. The minimum absolute atomic E-state index is 0.0930. The molecule has 0 aliphatic carbocycles. The zero-order chi connectivity index (χ0) is 17.1. The van der Waals surface area contributed by atoms with Crippen LogP contribution >= 0.6 is 28.4 Å². The van der Waals surface area contributed by atoms with E-state index >= 15 is 0 Å². The molecule has 0 amide bonds. The molecule has 0 aliphatic rings. The monoisotopic (exact) mass is 443 g/mol. The van der Waals surface area contributed by atoms with Gasteiger partial charge in [0.25, 0.3) is 5.56 Å². The van der Waals surface area contributed by atoms with Gasteiger partial charge in [0, 0.05) is 18.6 Å². The lowest BCUT2D eigenvalue weighted by atomic mass is 10.1. The van der Waals surface area contributed by atoms with E-state index in [0.717, 1.165) is 22.3 Å². The summed E-state index contributed by atoms with van der Waals surface area (Å²) in [4.78, 5) is 16.7. The van der Waals surface area contributed by atoms with E-state index in [-0.39, 0.29) is 5.56 Å². The number of hydrogen-bond acceptors (Lipinski definition) is 3. The largest absolute Gasteiger partial charge is 0.302 e. The molecule has 0 aromatic carbocycles. The van der Waals surface area contributed by atoms with Crippen LogP contribution in [0.25, 0.3) is 28.2 Å². The van der Waals surface area contributed by atoms with Crippen molar-refractivity contribution in [2.24, 2.45) is 7.05 Å². The third kappa shape index (κ3) is 3.12. The van der Waals surface area contributed by atoms with Crippen LogP contribution in [0.15, 0.2) is 23.6 Å². The van der Waals surface area contributed by atoms with E-state index in [1.54, 1.807) is 19.3 Å². The Labute approximate surface area is 149 Å². The third-order valence-electron chi connectivity index (χ3n) is 3.35. The number of halogens is 1. The molecule has 0 spiro atoms. The maximum atomic E-state index is 12.1. The van der Waals surface area contributed by atoms with Gasteiger partial charge in [0.2, 0.25) is 0 Å². The Hall–Kier alpha value is -1.47. The van der Waals surface area contributed by atoms with Crippen molar-refractivity contribution in [1.82, 2.24) is 24.3 Å². The molecule has 0 radical (unpaired) electrons. The van der Waals surface area contributed by atoms with E-state index in [0.29, 0.717) is 17.6 Å². The van der Waals surface area contributed by atoms with Gasteiger partial charge in [-0.15, -0.1) is 0 Å². The van der Waals surface area contributed by atoms with Crippen molar-refractivity contribution < 1.29 is 0 Å². The molecule has 122 valence electrons. The normalized spacial score (nSPS) is 11.0. The van der Waals surface area contributed by atoms with Crippen LogP contribution in [0.2, 0.25) is 0 Å². The maximum absolute atomic E-state index is 12.1. The number of nitrogens with zero attached hydrogens (tertiary/aromatic N) is 4. The predicted molar refractivity (Wildman–Crippen MR) is 106 cm³/mol. The van der Waals surface area contributed by atoms with Crippen molar-refractivity contribution in [2.45, 2.75) is 20.8 Å². The van der Waals surface area contributed by atoms with Crippen LogP contribution in [-0.2, 0) is 7.05 Å². The number of fused-ring (bicyclic) bond motifs is 1. The van der Waals surface area contributed by atoms with E-state index < -0.39 is 0 Å². The summed E-state index contributed by atoms with van der Waals surface area (Å²) in [6.07, 6.45) is 3.89. The fourth-order valence-corrected chi connectivity index (χ4v) is 3.90. The van der Waals surface area contributed by atoms with E-state index in [4.69, 9.17) is 0 Å². The van der Waals surface area contributed by atoms with Crippen LogP contribution in [0.3, 0.4) is 0 Å². The van der Waals surface area contributed by atoms with Crippen molar-refractivity contribution in [1.29, 1.82) is 0 Å². The molecule has 23 heavy (non-hydrogen) atoms. The van der Waals surface area contributed by atoms with E-state index in [1.807, 2.05) is 31.3 Å². The number of aryl methyl sites for hydroxylation is 2. The minimum Gasteiger partial charge on any atom is -0.302 e. The molecule has 1 N–H and O–H groups in total. The number of nitrogens with one attached hydrogen (secondary N) is 1. The predicted octanol–water partition coefficient (Wildman–Crippen LogP) is 3.89. The lowest BCUT2D eigenvalue weighted by Gasteiger charge is -2.03. The molecule has 3 aromatic rings. The number of H-pyrrole nitrogens is 1. The van der Waals surface area contributed by atoms with Crippen LogP contribution in [0.4, 0.5) is 0 Å². The highest BCUT2D eigenvalue weighted by Gasteiger charge is 2.16. The van der Waals surface area contributed by atoms with Gasteiger partial charge in [0.1, 0.15) is 0 Å². The summed E-state index contributed by atoms with van der Waals surface area (Å²) in [5.74, 6) is 0. The topological polar surface area (TPSA) is 68.5 Å². The van der Waals surface area contributed by atoms with E-state index in [9.17, 15) is 4.79 Å². The van der Waals surface area contributed by atoms with Crippen LogP contribution in [0.5, 0.6) is 0 Å². The van der Waals surface area contributed by atoms with Gasteiger partial charge in [-0.05, 0) is 41.1 Å². The molecule has 6 nitrogen and oxygen atoms in total. The second kappa shape index (κ2) is 7.40. The first kappa shape index (κ1) is 17.9. The van der Waals surface area contributed by atoms with E-state index in [1.165, 1.54) is 4.68 Å². The second-order valence-corrected chi connectivity index (χ2v) is 6.67. The first-order valence-electron chi connectivity index (χ1n) is 7.21. The summed E-state index contributed by atoms with van der Waals surface area (Å²) in [5.41, 5.74) is 3.78. The van der Waals surface area contributed by atoms with Gasteiger partial charge in [-0.3, -0.25) is 14.5 Å². The molecule has 0 aliphatic heterocycles. The Morgan fingerprint density at radius 1 is 1.43 bits per heavy atom. The summed E-state index contributed by atoms with van der Waals surface area (Å²) in [5, 5.41) is 8.37. The van der Waals surface area contributed by atoms with Crippen LogP contribution < -0.4 is 5.56 Å². The average Bonchev–Trinajstić information content (AvgIpc) is 3.10. The molecule has 3 rings (SSSR count). The Bertz CT molecular complexity index is 909. The molecule has 0 saturated heterocycles. The SMILES string of the molecule is C=Cc1nn(PI)c2c(C)nc(-c3c[nH]n(C)c3=O)cc12.CC. The minimum atomic E-state index is -0.0930. The van der Waals surface area contributed by atoms with Crippen LogP contribution in [0.1, 0.15) is 25.2 Å². The zero-order valence-corrected chi connectivity index (χ0v) is 16.7. The molecular formula is C15H19IN5OP. The number of rotatable bonds is 3. The first-order valence-corrected chi connectivity index (χ1v) is 11.3. The van der Waals surface area contributed by atoms with Gasteiger partial charge < -0.3 is 5.10 Å². The highest BCUT2D eigenvalue weighted by atomic mass is 127. The summed E-state index contributed by atoms with van der Waals surface area (Å²) < 4.78 is 3.36. The third-order valence-corrected chi connectivity index (χ3v) is 5.20. The quantitative estimate of drug-likeness (QED) is 0.494. The summed E-state index contributed by atoms with van der Waals surface area (Å²) in [6.45, 7) is 9.75. The Kier molecular flexibility index (Phi) is 5.75. The van der Waals surface area contributed by atoms with Crippen molar-refractivity contribution in [3.8, 4) is 11.3 Å². The molecule has 0 saturated carbocycles. The highest BCUT2D eigenvalue weighted by molar-refractivity contribution is 14.2. The van der Waals surface area contributed by atoms with E-state index in [2.05, 4.69) is 43.8 Å². The molecule has 3 heterocycles. The van der Waals surface area contributed by atoms with Gasteiger partial charge in [0.15, 0.2) is 0 Å². The number of hydrogen-bond donors (Lipinski definition) is 1. The molecule has 8 heteroatoms. The fourth-order valence-electron chi connectivity index (χ4n) is 2.34. The van der Waals surface area contributed by atoms with Crippen molar-refractivity contribution in [2.75, 3.05) is 0 Å². The molecule has 1 unspecified atom stereocenters. The highest BCUT2D eigenvalue weighted by Crippen LogP contribution is 2.33. The van der Waals surface area contributed by atoms with Gasteiger partial charge in [0.05, 0.1) is 34.5 Å². The summed E-state index contributed by atoms with van der Waals surface area (Å²) >= 11 is 2.28. The van der Waals surface area contributed by atoms with Crippen molar-refractivity contribution >= 4 is 45.4 Å². The number of pyridine rings is 1. The molecule has 1 atom stereocenters. The fraction of sp³-hybridized carbons (Fsp3) is 0.267. The Balaban J connectivity index is 0.000000924. The van der Waals surface area contributed by atoms with Gasteiger partial charge in [-0.25, -0.2) is 4.45 Å². The lowest BCUT2D eigenvalue weighted by Crippen LogP contribution is -2.13. The number of aromatic nitrogens is 5. The smallest absolute Gasteiger partial charge is 0.275 e. The van der Waals surface area contributed by atoms with Gasteiger partial charge in [-0.1, -0.05) is 20.4 Å². The lowest BCUT2D eigenvalue weighted by molar-refractivity contribution is 0.740. The molecule has 3 aromatic heterocycles. The second-order valence-electron chi connectivity index (χ2n) is 4.63. The first-order chi connectivity index (χ1) is 11.1. The number of aromatic amines is 1. The molecular weight excluding hydrogens is 424 g/mol. The zero-order valence-electron chi connectivity index (χ0n) is 13.5. The molecule has 0 bridgehead atoms. The Morgan fingerprint density at radius 3 is 2.65 bits per heavy atom. The maximum Gasteiger partial charge on any atom is 0.275 e. The molecule has 0 fully saturated rings. The van der Waals surface area contributed by atoms with Gasteiger partial charge in [-0.2, -0.15) is 5.10 Å². The standard InChI is InChI=1S/C13H13IN5OP.C2H6/c1-4-10-8-5-11(9-6-15-18(3)13(9)20)16-7(2)12(8)19(17-10)21-14;1-2/h4-6,15,21H,1H2,2-3H3;1-2H3. The summed E-state index contributed by atoms with van der Waals surface area (Å²) in [7, 11) is 1.68. The van der Waals surface area contributed by atoms with Crippen molar-refractivity contribution in [3.05, 3.63) is 40.6 Å². The van der Waals surface area contributed by atoms with Crippen LogP contribution in [0, 0.1) is 6.92 Å².